The third-order valence-electron chi connectivity index (χ3n) is 6.05. The molecule has 35 heavy (non-hydrogen) atoms. The zero-order valence-electron chi connectivity index (χ0n) is 20.5. The number of amides is 2. The molecule has 0 fully saturated rings. The molecule has 0 bridgehead atoms. The number of aryl methyl sites for hydroxylation is 1. The summed E-state index contributed by atoms with van der Waals surface area (Å²) in [5, 5.41) is 6.78. The van der Waals surface area contributed by atoms with E-state index in [2.05, 4.69) is 10.6 Å². The van der Waals surface area contributed by atoms with Crippen LogP contribution in [0.3, 0.4) is 0 Å². The summed E-state index contributed by atoms with van der Waals surface area (Å²) >= 11 is 0. The SMILES string of the molecule is CCNC(=O)Nc1cc(-c2cccc(-n3ccc4cc(N(C)C)ccc4c3=O)c2C)cn(C)c1=O. The Kier molecular flexibility index (Phi) is 6.46. The molecule has 2 N–H and O–H groups in total. The van der Waals surface area contributed by atoms with Crippen LogP contribution in [-0.4, -0.2) is 35.8 Å². The van der Waals surface area contributed by atoms with Gasteiger partial charge in [0, 0.05) is 56.7 Å². The van der Waals surface area contributed by atoms with Gasteiger partial charge in [-0.3, -0.25) is 14.2 Å². The number of urea groups is 1. The number of benzene rings is 2. The van der Waals surface area contributed by atoms with Crippen molar-refractivity contribution in [1.82, 2.24) is 14.5 Å². The average molecular weight is 472 g/mol. The van der Waals surface area contributed by atoms with Gasteiger partial charge in [-0.05, 0) is 66.8 Å². The summed E-state index contributed by atoms with van der Waals surface area (Å²) in [5.74, 6) is 0. The molecule has 0 saturated carbocycles. The number of hydrogen-bond donors (Lipinski definition) is 2. The molecule has 0 aliphatic rings. The van der Waals surface area contributed by atoms with Crippen LogP contribution in [0.15, 0.2) is 70.5 Å². The molecule has 0 atom stereocenters. The summed E-state index contributed by atoms with van der Waals surface area (Å²) in [6.45, 7) is 4.20. The van der Waals surface area contributed by atoms with Gasteiger partial charge in [0.2, 0.25) is 0 Å². The van der Waals surface area contributed by atoms with E-state index in [1.54, 1.807) is 37.0 Å². The quantitative estimate of drug-likeness (QED) is 0.463. The van der Waals surface area contributed by atoms with Crippen molar-refractivity contribution in [1.29, 1.82) is 0 Å². The molecule has 180 valence electrons. The van der Waals surface area contributed by atoms with Crippen LogP contribution in [0, 0.1) is 6.92 Å². The fourth-order valence-electron chi connectivity index (χ4n) is 4.18. The van der Waals surface area contributed by atoms with Crippen LogP contribution >= 0.6 is 0 Å². The van der Waals surface area contributed by atoms with Gasteiger partial charge in [-0.15, -0.1) is 0 Å². The molecule has 4 rings (SSSR count). The molecule has 8 heteroatoms. The van der Waals surface area contributed by atoms with Gasteiger partial charge in [0.15, 0.2) is 0 Å². The van der Waals surface area contributed by atoms with Crippen LogP contribution < -0.4 is 26.7 Å². The predicted molar refractivity (Wildman–Crippen MR) is 142 cm³/mol. The molecule has 2 amide bonds. The van der Waals surface area contributed by atoms with E-state index in [1.807, 2.05) is 68.4 Å². The zero-order chi connectivity index (χ0) is 25.3. The van der Waals surface area contributed by atoms with Crippen LogP contribution in [0.1, 0.15) is 12.5 Å². The van der Waals surface area contributed by atoms with Crippen molar-refractivity contribution < 1.29 is 4.79 Å². The van der Waals surface area contributed by atoms with Crippen molar-refractivity contribution in [3.8, 4) is 16.8 Å². The lowest BCUT2D eigenvalue weighted by Crippen LogP contribution is -2.32. The minimum Gasteiger partial charge on any atom is -0.378 e. The number of aromatic nitrogens is 2. The second-order valence-corrected chi connectivity index (χ2v) is 8.65. The Morgan fingerprint density at radius 3 is 2.51 bits per heavy atom. The fourth-order valence-corrected chi connectivity index (χ4v) is 4.18. The molecular formula is C27H29N5O3. The molecule has 0 saturated heterocycles. The standard InChI is InChI=1S/C27H29N5O3/c1-6-28-27(35)29-23-15-19(16-31(5)26(23)34)21-8-7-9-24(17(21)2)32-13-12-18-14-20(30(3)4)10-11-22(18)25(32)33/h7-16H,6H2,1-5H3,(H2,28,29,35). The van der Waals surface area contributed by atoms with E-state index >= 15 is 0 Å². The van der Waals surface area contributed by atoms with Crippen LogP contribution in [0.4, 0.5) is 16.2 Å². The zero-order valence-corrected chi connectivity index (χ0v) is 20.5. The molecule has 2 aromatic carbocycles. The highest BCUT2D eigenvalue weighted by molar-refractivity contribution is 5.90. The van der Waals surface area contributed by atoms with E-state index in [9.17, 15) is 14.4 Å². The minimum atomic E-state index is -0.438. The van der Waals surface area contributed by atoms with Gasteiger partial charge < -0.3 is 20.1 Å². The maximum atomic E-state index is 13.4. The van der Waals surface area contributed by atoms with Crippen LogP contribution in [0.25, 0.3) is 27.6 Å². The highest BCUT2D eigenvalue weighted by atomic mass is 16.2. The summed E-state index contributed by atoms with van der Waals surface area (Å²) in [6.07, 6.45) is 3.52. The van der Waals surface area contributed by atoms with Gasteiger partial charge in [-0.1, -0.05) is 12.1 Å². The second-order valence-electron chi connectivity index (χ2n) is 8.65. The van der Waals surface area contributed by atoms with E-state index < -0.39 is 6.03 Å². The molecule has 0 radical (unpaired) electrons. The van der Waals surface area contributed by atoms with Gasteiger partial charge in [-0.2, -0.15) is 0 Å². The third-order valence-corrected chi connectivity index (χ3v) is 6.05. The van der Waals surface area contributed by atoms with Gasteiger partial charge in [0.05, 0.1) is 5.69 Å². The topological polar surface area (TPSA) is 88.4 Å². The predicted octanol–water partition coefficient (Wildman–Crippen LogP) is 3.87. The van der Waals surface area contributed by atoms with E-state index in [0.717, 1.165) is 33.5 Å². The molecule has 0 spiro atoms. The first-order valence-corrected chi connectivity index (χ1v) is 11.4. The number of carbonyl (C=O) groups is 1. The average Bonchev–Trinajstić information content (AvgIpc) is 2.82. The minimum absolute atomic E-state index is 0.105. The van der Waals surface area contributed by atoms with Gasteiger partial charge in [-0.25, -0.2) is 4.79 Å². The lowest BCUT2D eigenvalue weighted by Gasteiger charge is -2.17. The second kappa shape index (κ2) is 9.50. The molecule has 0 aliphatic carbocycles. The normalized spacial score (nSPS) is 10.9. The Bertz CT molecular complexity index is 1550. The Balaban J connectivity index is 1.82. The van der Waals surface area contributed by atoms with E-state index in [-0.39, 0.29) is 16.8 Å². The number of anilines is 2. The number of fused-ring (bicyclic) bond motifs is 1. The van der Waals surface area contributed by atoms with Gasteiger partial charge in [0.1, 0.15) is 5.69 Å². The van der Waals surface area contributed by atoms with Gasteiger partial charge in [0.25, 0.3) is 11.1 Å². The summed E-state index contributed by atoms with van der Waals surface area (Å²) in [5.41, 5.74) is 4.03. The fraction of sp³-hybridized carbons (Fsp3) is 0.222. The molecule has 0 aliphatic heterocycles. The van der Waals surface area contributed by atoms with Crippen molar-refractivity contribution in [2.75, 3.05) is 30.9 Å². The first-order valence-electron chi connectivity index (χ1n) is 11.4. The number of hydrogen-bond acceptors (Lipinski definition) is 4. The Labute approximate surface area is 203 Å². The van der Waals surface area contributed by atoms with Crippen molar-refractivity contribution in [3.63, 3.8) is 0 Å². The summed E-state index contributed by atoms with van der Waals surface area (Å²) in [7, 11) is 5.57. The molecule has 4 aromatic rings. The summed E-state index contributed by atoms with van der Waals surface area (Å²) < 4.78 is 3.08. The third kappa shape index (κ3) is 4.55. The number of rotatable bonds is 5. The molecule has 2 heterocycles. The van der Waals surface area contributed by atoms with Crippen LogP contribution in [0.5, 0.6) is 0 Å². The molecule has 2 aromatic heterocycles. The molecule has 8 nitrogen and oxygen atoms in total. The van der Waals surface area contributed by atoms with Crippen molar-refractivity contribution in [2.45, 2.75) is 13.8 Å². The maximum absolute atomic E-state index is 13.4. The van der Waals surface area contributed by atoms with E-state index in [4.69, 9.17) is 0 Å². The van der Waals surface area contributed by atoms with Crippen molar-refractivity contribution in [3.05, 3.63) is 87.2 Å². The van der Waals surface area contributed by atoms with E-state index in [0.29, 0.717) is 11.9 Å². The van der Waals surface area contributed by atoms with Gasteiger partial charge >= 0.3 is 6.03 Å². The highest BCUT2D eigenvalue weighted by Gasteiger charge is 2.14. The number of pyridine rings is 2. The van der Waals surface area contributed by atoms with Crippen LogP contribution in [0.2, 0.25) is 0 Å². The monoisotopic (exact) mass is 471 g/mol. The Morgan fingerprint density at radius 2 is 1.80 bits per heavy atom. The number of nitrogens with one attached hydrogen (secondary N) is 2. The Morgan fingerprint density at radius 1 is 1.03 bits per heavy atom. The maximum Gasteiger partial charge on any atom is 0.319 e. The highest BCUT2D eigenvalue weighted by Crippen LogP contribution is 2.28. The van der Waals surface area contributed by atoms with Crippen molar-refractivity contribution >= 4 is 28.2 Å². The first-order chi connectivity index (χ1) is 16.7. The first kappa shape index (κ1) is 23.8. The number of carbonyl (C=O) groups excluding carboxylic acids is 1. The molecule has 0 unspecified atom stereocenters. The molecular weight excluding hydrogens is 442 g/mol. The Hall–Kier alpha value is -4.33. The lowest BCUT2D eigenvalue weighted by molar-refractivity contribution is 0.252. The van der Waals surface area contributed by atoms with Crippen LogP contribution in [-0.2, 0) is 7.05 Å². The number of nitrogens with zero attached hydrogens (tertiary/aromatic N) is 3. The largest absolute Gasteiger partial charge is 0.378 e. The smallest absolute Gasteiger partial charge is 0.319 e. The summed E-state index contributed by atoms with van der Waals surface area (Å²) in [6, 6.07) is 14.7. The van der Waals surface area contributed by atoms with Crippen molar-refractivity contribution in [2.24, 2.45) is 7.05 Å². The summed E-state index contributed by atoms with van der Waals surface area (Å²) in [4.78, 5) is 40.0. The lowest BCUT2D eigenvalue weighted by atomic mass is 9.99. The van der Waals surface area contributed by atoms with E-state index in [1.165, 1.54) is 4.57 Å².